The lowest BCUT2D eigenvalue weighted by Gasteiger charge is -2.23. The van der Waals surface area contributed by atoms with Crippen LogP contribution in [0.25, 0.3) is 0 Å². The molecule has 0 bridgehead atoms. The highest BCUT2D eigenvalue weighted by molar-refractivity contribution is 7.92. The summed E-state index contributed by atoms with van der Waals surface area (Å²) >= 11 is 6.21. The van der Waals surface area contributed by atoms with E-state index < -0.39 is 10.0 Å². The Bertz CT molecular complexity index is 1240. The second kappa shape index (κ2) is 7.78. The Balaban J connectivity index is 1.69. The fourth-order valence-electron chi connectivity index (χ4n) is 3.78. The van der Waals surface area contributed by atoms with Crippen LogP contribution in [0.4, 0.5) is 11.4 Å². The van der Waals surface area contributed by atoms with Gasteiger partial charge in [0.15, 0.2) is 0 Å². The van der Waals surface area contributed by atoms with Crippen LogP contribution >= 0.6 is 11.6 Å². The SMILES string of the molecule is Cc1cccc(NS(=O)(=O)c2cc(C(=O)N3c4ccccc4C[C@@H]3C)ccc2Cl)c1. The van der Waals surface area contributed by atoms with E-state index in [9.17, 15) is 13.2 Å². The molecule has 30 heavy (non-hydrogen) atoms. The number of halogens is 1. The smallest absolute Gasteiger partial charge is 0.263 e. The van der Waals surface area contributed by atoms with E-state index in [1.54, 1.807) is 29.2 Å². The topological polar surface area (TPSA) is 66.5 Å². The highest BCUT2D eigenvalue weighted by Crippen LogP contribution is 2.34. The van der Waals surface area contributed by atoms with Gasteiger partial charge >= 0.3 is 0 Å². The summed E-state index contributed by atoms with van der Waals surface area (Å²) in [5, 5.41) is 0.0570. The number of nitrogens with one attached hydrogen (secondary N) is 1. The van der Waals surface area contributed by atoms with Crippen LogP contribution in [0.15, 0.2) is 71.6 Å². The van der Waals surface area contributed by atoms with Crippen LogP contribution in [0.5, 0.6) is 0 Å². The lowest BCUT2D eigenvalue weighted by Crippen LogP contribution is -2.35. The molecule has 0 aliphatic carbocycles. The molecule has 5 nitrogen and oxygen atoms in total. The number of carbonyl (C=O) groups excluding carboxylic acids is 1. The van der Waals surface area contributed by atoms with Gasteiger partial charge in [-0.2, -0.15) is 0 Å². The van der Waals surface area contributed by atoms with Crippen molar-refractivity contribution < 1.29 is 13.2 Å². The summed E-state index contributed by atoms with van der Waals surface area (Å²) in [5.74, 6) is -0.254. The zero-order valence-electron chi connectivity index (χ0n) is 16.6. The van der Waals surface area contributed by atoms with Crippen molar-refractivity contribution in [2.45, 2.75) is 31.2 Å². The number of carbonyl (C=O) groups is 1. The molecule has 3 aromatic rings. The fourth-order valence-corrected chi connectivity index (χ4v) is 5.35. The van der Waals surface area contributed by atoms with Gasteiger partial charge in [0.2, 0.25) is 0 Å². The van der Waals surface area contributed by atoms with Gasteiger partial charge in [-0.3, -0.25) is 9.52 Å². The number of amides is 1. The summed E-state index contributed by atoms with van der Waals surface area (Å²) in [6.45, 7) is 3.85. The first-order chi connectivity index (χ1) is 14.3. The van der Waals surface area contributed by atoms with E-state index in [1.165, 1.54) is 12.1 Å². The van der Waals surface area contributed by atoms with E-state index in [4.69, 9.17) is 11.6 Å². The van der Waals surface area contributed by atoms with Crippen LogP contribution in [-0.2, 0) is 16.4 Å². The number of nitrogens with zero attached hydrogens (tertiary/aromatic N) is 1. The Kier molecular flexibility index (Phi) is 5.30. The molecule has 0 saturated heterocycles. The summed E-state index contributed by atoms with van der Waals surface area (Å²) in [6.07, 6.45) is 0.759. The molecule has 1 atom stereocenters. The summed E-state index contributed by atoms with van der Waals surface area (Å²) in [6, 6.07) is 19.1. The molecule has 0 fully saturated rings. The van der Waals surface area contributed by atoms with Gasteiger partial charge in [-0.15, -0.1) is 0 Å². The monoisotopic (exact) mass is 440 g/mol. The van der Waals surface area contributed by atoms with Crippen molar-refractivity contribution in [2.75, 3.05) is 9.62 Å². The maximum atomic E-state index is 13.3. The Morgan fingerprint density at radius 3 is 2.60 bits per heavy atom. The molecule has 4 rings (SSSR count). The zero-order valence-corrected chi connectivity index (χ0v) is 18.2. The van der Waals surface area contributed by atoms with Crippen LogP contribution in [-0.4, -0.2) is 20.4 Å². The number of sulfonamides is 1. The van der Waals surface area contributed by atoms with E-state index in [1.807, 2.05) is 44.2 Å². The molecule has 0 saturated carbocycles. The van der Waals surface area contributed by atoms with Gasteiger partial charge in [0, 0.05) is 23.0 Å². The Labute approximate surface area is 181 Å². The minimum atomic E-state index is -3.97. The van der Waals surface area contributed by atoms with Crippen molar-refractivity contribution in [1.82, 2.24) is 0 Å². The first kappa shape index (κ1) is 20.4. The predicted molar refractivity (Wildman–Crippen MR) is 120 cm³/mol. The van der Waals surface area contributed by atoms with Crippen molar-refractivity contribution in [3.8, 4) is 0 Å². The molecule has 1 amide bonds. The Hall–Kier alpha value is -2.83. The van der Waals surface area contributed by atoms with E-state index in [2.05, 4.69) is 4.72 Å². The second-order valence-electron chi connectivity index (χ2n) is 7.48. The minimum Gasteiger partial charge on any atom is -0.305 e. The molecule has 154 valence electrons. The number of anilines is 2. The van der Waals surface area contributed by atoms with Crippen LogP contribution in [0.1, 0.15) is 28.4 Å². The molecule has 0 radical (unpaired) electrons. The van der Waals surface area contributed by atoms with Gasteiger partial charge < -0.3 is 4.90 Å². The molecule has 0 aromatic heterocycles. The van der Waals surface area contributed by atoms with E-state index in [0.29, 0.717) is 5.69 Å². The molecule has 0 unspecified atom stereocenters. The standard InChI is InChI=1S/C23H21ClN2O3S/c1-15-6-5-8-19(12-15)25-30(28,29)22-14-18(10-11-20(22)24)23(27)26-16(2)13-17-7-3-4-9-21(17)26/h3-12,14,16,25H,13H2,1-2H3/t16-/m0/s1. The zero-order chi connectivity index (χ0) is 21.5. The fraction of sp³-hybridized carbons (Fsp3) is 0.174. The number of benzene rings is 3. The third-order valence-electron chi connectivity index (χ3n) is 5.16. The summed E-state index contributed by atoms with van der Waals surface area (Å²) in [4.78, 5) is 14.9. The number of aryl methyl sites for hydroxylation is 1. The third kappa shape index (κ3) is 3.80. The van der Waals surface area contributed by atoms with E-state index in [0.717, 1.165) is 23.2 Å². The third-order valence-corrected chi connectivity index (χ3v) is 7.03. The Morgan fingerprint density at radius 1 is 1.07 bits per heavy atom. The first-order valence-electron chi connectivity index (χ1n) is 9.57. The van der Waals surface area contributed by atoms with E-state index >= 15 is 0 Å². The average Bonchev–Trinajstić information content (AvgIpc) is 3.03. The average molecular weight is 441 g/mol. The second-order valence-corrected chi connectivity index (χ2v) is 9.54. The van der Waals surface area contributed by atoms with Gasteiger partial charge in [0.25, 0.3) is 15.9 Å². The van der Waals surface area contributed by atoms with Crippen molar-refractivity contribution >= 4 is 38.9 Å². The largest absolute Gasteiger partial charge is 0.305 e. The molecule has 1 aliphatic heterocycles. The highest BCUT2D eigenvalue weighted by Gasteiger charge is 2.32. The molecule has 1 aliphatic rings. The minimum absolute atomic E-state index is 0.0175. The molecular weight excluding hydrogens is 420 g/mol. The Morgan fingerprint density at radius 2 is 1.83 bits per heavy atom. The quantitative estimate of drug-likeness (QED) is 0.618. The number of rotatable bonds is 4. The summed E-state index contributed by atoms with van der Waals surface area (Å²) in [7, 11) is -3.97. The molecule has 1 heterocycles. The molecule has 0 spiro atoms. The van der Waals surface area contributed by atoms with E-state index in [-0.39, 0.29) is 27.4 Å². The van der Waals surface area contributed by atoms with Crippen molar-refractivity contribution in [2.24, 2.45) is 0 Å². The predicted octanol–water partition coefficient (Wildman–Crippen LogP) is 5.04. The molecule has 1 N–H and O–H groups in total. The summed E-state index contributed by atoms with van der Waals surface area (Å²) < 4.78 is 28.5. The maximum absolute atomic E-state index is 13.3. The molecule has 7 heteroatoms. The van der Waals surface area contributed by atoms with Gasteiger partial charge in [-0.1, -0.05) is 41.9 Å². The number of hydrogen-bond acceptors (Lipinski definition) is 3. The van der Waals surface area contributed by atoms with Gasteiger partial charge in [0.1, 0.15) is 4.90 Å². The van der Waals surface area contributed by atoms with Gasteiger partial charge in [-0.25, -0.2) is 8.42 Å². The number of fused-ring (bicyclic) bond motifs is 1. The maximum Gasteiger partial charge on any atom is 0.263 e. The molecular formula is C23H21ClN2O3S. The molecule has 3 aromatic carbocycles. The lowest BCUT2D eigenvalue weighted by atomic mass is 10.1. The lowest BCUT2D eigenvalue weighted by molar-refractivity contribution is 0.0981. The van der Waals surface area contributed by atoms with Crippen molar-refractivity contribution in [3.05, 3.63) is 88.4 Å². The number of hydrogen-bond donors (Lipinski definition) is 1. The first-order valence-corrected chi connectivity index (χ1v) is 11.4. The normalized spacial score (nSPS) is 15.7. The highest BCUT2D eigenvalue weighted by atomic mass is 35.5. The van der Waals surface area contributed by atoms with Crippen molar-refractivity contribution in [3.63, 3.8) is 0 Å². The van der Waals surface area contributed by atoms with Crippen LogP contribution < -0.4 is 9.62 Å². The number of para-hydroxylation sites is 1. The van der Waals surface area contributed by atoms with Crippen LogP contribution in [0.2, 0.25) is 5.02 Å². The van der Waals surface area contributed by atoms with Crippen LogP contribution in [0.3, 0.4) is 0 Å². The van der Waals surface area contributed by atoms with Crippen molar-refractivity contribution in [1.29, 1.82) is 0 Å². The van der Waals surface area contributed by atoms with Gasteiger partial charge in [0.05, 0.1) is 5.02 Å². The van der Waals surface area contributed by atoms with Gasteiger partial charge in [-0.05, 0) is 67.8 Å². The summed E-state index contributed by atoms with van der Waals surface area (Å²) in [5.41, 5.74) is 3.58. The van der Waals surface area contributed by atoms with Crippen LogP contribution in [0, 0.1) is 6.92 Å².